The van der Waals surface area contributed by atoms with Crippen molar-refractivity contribution in [3.63, 3.8) is 0 Å². The third kappa shape index (κ3) is 6.07. The van der Waals surface area contributed by atoms with Crippen LogP contribution >= 0.6 is 39.3 Å². The van der Waals surface area contributed by atoms with E-state index in [9.17, 15) is 9.90 Å². The van der Waals surface area contributed by atoms with Crippen LogP contribution in [-0.2, 0) is 4.79 Å². The number of rotatable bonds is 8. The topological polar surface area (TPSA) is 102 Å². The summed E-state index contributed by atoms with van der Waals surface area (Å²) >= 11 is 10.6. The van der Waals surface area contributed by atoms with Gasteiger partial charge in [-0.2, -0.15) is 5.10 Å². The van der Waals surface area contributed by atoms with E-state index in [1.54, 1.807) is 24.3 Å². The number of phenols is 1. The summed E-state index contributed by atoms with van der Waals surface area (Å²) in [7, 11) is 1.45. The van der Waals surface area contributed by atoms with Gasteiger partial charge in [0.25, 0.3) is 5.91 Å². The monoisotopic (exact) mass is 585 g/mol. The summed E-state index contributed by atoms with van der Waals surface area (Å²) in [6.45, 7) is 2.02. The number of hydrogen-bond donors (Lipinski definition) is 2. The molecule has 0 atom stereocenters. The van der Waals surface area contributed by atoms with E-state index in [1.165, 1.54) is 25.1 Å². The van der Waals surface area contributed by atoms with E-state index >= 15 is 0 Å². The van der Waals surface area contributed by atoms with E-state index in [0.29, 0.717) is 31.8 Å². The lowest BCUT2D eigenvalue weighted by molar-refractivity contribution is -0.118. The molecule has 0 unspecified atom stereocenters. The average molecular weight is 587 g/mol. The number of halogens is 2. The smallest absolute Gasteiger partial charge is 0.250 e. The van der Waals surface area contributed by atoms with Gasteiger partial charge in [0.2, 0.25) is 0 Å². The quantitative estimate of drug-likeness (QED) is 0.158. The van der Waals surface area contributed by atoms with Crippen molar-refractivity contribution in [2.75, 3.05) is 12.9 Å². The first-order chi connectivity index (χ1) is 17.4. The van der Waals surface area contributed by atoms with Gasteiger partial charge in [-0.05, 0) is 64.8 Å². The van der Waals surface area contributed by atoms with Crippen LogP contribution in [0.5, 0.6) is 11.5 Å². The van der Waals surface area contributed by atoms with Crippen LogP contribution in [-0.4, -0.2) is 44.9 Å². The van der Waals surface area contributed by atoms with E-state index in [0.717, 1.165) is 16.8 Å². The maximum atomic E-state index is 12.5. The molecule has 1 amide bonds. The molecule has 0 aliphatic heterocycles. The number of aryl methyl sites for hydroxylation is 1. The Kier molecular flexibility index (Phi) is 8.29. The molecular weight excluding hydrogens is 566 g/mol. The molecule has 11 heteroatoms. The fourth-order valence-corrected chi connectivity index (χ4v) is 4.57. The first kappa shape index (κ1) is 25.7. The molecule has 0 radical (unpaired) electrons. The van der Waals surface area contributed by atoms with E-state index in [-0.39, 0.29) is 17.4 Å². The number of aromatic hydroxyl groups is 1. The summed E-state index contributed by atoms with van der Waals surface area (Å²) in [6.07, 6.45) is 1.46. The second-order valence-corrected chi connectivity index (χ2v) is 9.85. The molecule has 0 saturated carbocycles. The van der Waals surface area contributed by atoms with Gasteiger partial charge in [-0.3, -0.25) is 9.36 Å². The second-order valence-electron chi connectivity index (χ2n) is 7.62. The van der Waals surface area contributed by atoms with Crippen molar-refractivity contribution in [1.29, 1.82) is 0 Å². The Morgan fingerprint density at radius 1 is 1.19 bits per heavy atom. The number of aromatic nitrogens is 3. The summed E-state index contributed by atoms with van der Waals surface area (Å²) < 4.78 is 7.47. The van der Waals surface area contributed by atoms with E-state index in [1.807, 2.05) is 47.9 Å². The summed E-state index contributed by atoms with van der Waals surface area (Å²) in [4.78, 5) is 12.5. The summed E-state index contributed by atoms with van der Waals surface area (Å²) in [5.74, 6) is 0.691. The maximum Gasteiger partial charge on any atom is 0.250 e. The predicted octanol–water partition coefficient (Wildman–Crippen LogP) is 5.62. The van der Waals surface area contributed by atoms with Crippen LogP contribution in [0.25, 0.3) is 17.1 Å². The molecule has 1 aromatic heterocycles. The van der Waals surface area contributed by atoms with Crippen LogP contribution in [0, 0.1) is 6.92 Å². The third-order valence-corrected chi connectivity index (χ3v) is 6.82. The molecule has 0 fully saturated rings. The standard InChI is InChI=1S/C25H21BrClN5O3S/c1-15-3-5-17(6-4-15)24-30-31-25(32(24)19-9-7-18(27)8-10-19)36-14-22(33)29-28-13-16-11-20(26)23(34)21(12-16)35-2/h3-13,34H,14H2,1-2H3,(H,29,33)/b28-13+. The number of hydrogen-bond acceptors (Lipinski definition) is 7. The molecule has 0 aliphatic carbocycles. The predicted molar refractivity (Wildman–Crippen MR) is 145 cm³/mol. The minimum absolute atomic E-state index is 0.00936. The Balaban J connectivity index is 1.49. The zero-order chi connectivity index (χ0) is 25.7. The Hall–Kier alpha value is -3.34. The molecule has 3 aromatic carbocycles. The molecular formula is C25H21BrClN5O3S. The summed E-state index contributed by atoms with van der Waals surface area (Å²) in [5.41, 5.74) is 6.00. The van der Waals surface area contributed by atoms with Gasteiger partial charge >= 0.3 is 0 Å². The minimum atomic E-state index is -0.316. The normalized spacial score (nSPS) is 11.1. The lowest BCUT2D eigenvalue weighted by atomic mass is 10.1. The fourth-order valence-electron chi connectivity index (χ4n) is 3.24. The van der Waals surface area contributed by atoms with Crippen molar-refractivity contribution in [3.8, 4) is 28.6 Å². The van der Waals surface area contributed by atoms with E-state index in [4.69, 9.17) is 16.3 Å². The number of phenolic OH excluding ortho intramolecular Hbond substituents is 1. The van der Waals surface area contributed by atoms with Crippen LogP contribution < -0.4 is 10.2 Å². The molecule has 0 bridgehead atoms. The number of hydrazone groups is 1. The number of nitrogens with one attached hydrogen (secondary N) is 1. The van der Waals surface area contributed by atoms with Gasteiger partial charge in [0.05, 0.1) is 23.5 Å². The number of benzene rings is 3. The minimum Gasteiger partial charge on any atom is -0.503 e. The lowest BCUT2D eigenvalue weighted by Gasteiger charge is -2.10. The molecule has 2 N–H and O–H groups in total. The largest absolute Gasteiger partial charge is 0.503 e. The van der Waals surface area contributed by atoms with Crippen molar-refractivity contribution in [2.45, 2.75) is 12.1 Å². The van der Waals surface area contributed by atoms with Crippen molar-refractivity contribution in [2.24, 2.45) is 5.10 Å². The first-order valence-corrected chi connectivity index (χ1v) is 12.8. The highest BCUT2D eigenvalue weighted by molar-refractivity contribution is 9.10. The molecule has 1 heterocycles. The van der Waals surface area contributed by atoms with Crippen molar-refractivity contribution in [3.05, 3.63) is 81.3 Å². The van der Waals surface area contributed by atoms with E-state index < -0.39 is 0 Å². The summed E-state index contributed by atoms with van der Waals surface area (Å²) in [5, 5.41) is 23.8. The summed E-state index contributed by atoms with van der Waals surface area (Å²) in [6, 6.07) is 18.6. The van der Waals surface area contributed by atoms with Gasteiger partial charge in [-0.1, -0.05) is 53.2 Å². The number of thioether (sulfide) groups is 1. The van der Waals surface area contributed by atoms with Crippen LogP contribution in [0.4, 0.5) is 0 Å². The SMILES string of the molecule is COc1cc(/C=N/NC(=O)CSc2nnc(-c3ccc(C)cc3)n2-c2ccc(Cl)cc2)cc(Br)c1O. The maximum absolute atomic E-state index is 12.5. The number of nitrogens with zero attached hydrogens (tertiary/aromatic N) is 4. The fraction of sp³-hybridized carbons (Fsp3) is 0.120. The number of carbonyl (C=O) groups is 1. The number of methoxy groups -OCH3 is 1. The van der Waals surface area contributed by atoms with Crippen molar-refractivity contribution >= 4 is 51.4 Å². The van der Waals surface area contributed by atoms with Gasteiger partial charge < -0.3 is 9.84 Å². The molecule has 184 valence electrons. The van der Waals surface area contributed by atoms with Gasteiger partial charge in [0.15, 0.2) is 22.5 Å². The highest BCUT2D eigenvalue weighted by atomic mass is 79.9. The molecule has 4 rings (SSSR count). The third-order valence-electron chi connectivity index (χ3n) is 5.03. The van der Waals surface area contributed by atoms with Gasteiger partial charge in [0.1, 0.15) is 0 Å². The first-order valence-electron chi connectivity index (χ1n) is 10.7. The Labute approximate surface area is 225 Å². The molecule has 36 heavy (non-hydrogen) atoms. The Bertz CT molecular complexity index is 1410. The van der Waals surface area contributed by atoms with Crippen molar-refractivity contribution < 1.29 is 14.6 Å². The van der Waals surface area contributed by atoms with Crippen LogP contribution in [0.15, 0.2) is 75.4 Å². The highest BCUT2D eigenvalue weighted by Gasteiger charge is 2.17. The molecule has 0 spiro atoms. The van der Waals surface area contributed by atoms with Gasteiger partial charge in [0, 0.05) is 16.3 Å². The molecule has 0 saturated heterocycles. The van der Waals surface area contributed by atoms with Gasteiger partial charge in [-0.25, -0.2) is 5.43 Å². The number of amides is 1. The molecule has 8 nitrogen and oxygen atoms in total. The zero-order valence-electron chi connectivity index (χ0n) is 19.3. The van der Waals surface area contributed by atoms with Crippen molar-refractivity contribution in [1.82, 2.24) is 20.2 Å². The second kappa shape index (κ2) is 11.6. The number of ether oxygens (including phenoxy) is 1. The highest BCUT2D eigenvalue weighted by Crippen LogP contribution is 2.34. The Morgan fingerprint density at radius 2 is 1.92 bits per heavy atom. The molecule has 0 aliphatic rings. The molecule has 4 aromatic rings. The zero-order valence-corrected chi connectivity index (χ0v) is 22.4. The van der Waals surface area contributed by atoms with Crippen LogP contribution in [0.1, 0.15) is 11.1 Å². The van der Waals surface area contributed by atoms with Gasteiger partial charge in [-0.15, -0.1) is 10.2 Å². The number of carbonyl (C=O) groups excluding carboxylic acids is 1. The van der Waals surface area contributed by atoms with Crippen LogP contribution in [0.3, 0.4) is 0 Å². The van der Waals surface area contributed by atoms with Crippen LogP contribution in [0.2, 0.25) is 5.02 Å². The Morgan fingerprint density at radius 3 is 2.61 bits per heavy atom. The lowest BCUT2D eigenvalue weighted by Crippen LogP contribution is -2.20. The van der Waals surface area contributed by atoms with E-state index in [2.05, 4.69) is 36.7 Å². The average Bonchev–Trinajstić information content (AvgIpc) is 3.29.